The maximum Gasteiger partial charge on any atom is 0.167 e. The molecule has 5 atom stereocenters. The van der Waals surface area contributed by atoms with Crippen molar-refractivity contribution in [2.24, 2.45) is 5.73 Å². The first-order valence-electron chi connectivity index (χ1n) is 15.0. The predicted molar refractivity (Wildman–Crippen MR) is 169 cm³/mol. The Balaban J connectivity index is 1.80. The normalized spacial score (nSPS) is 24.1. The van der Waals surface area contributed by atoms with E-state index in [-0.39, 0.29) is 30.2 Å². The molecular weight excluding hydrogens is 540 g/mol. The van der Waals surface area contributed by atoms with Crippen LogP contribution in [0.5, 0.6) is 23.0 Å². The monoisotopic (exact) mass is 584 g/mol. The topological polar surface area (TPSA) is 93.2 Å². The van der Waals surface area contributed by atoms with Crippen LogP contribution in [0.4, 0.5) is 0 Å². The Morgan fingerprint density at radius 1 is 0.907 bits per heavy atom. The summed E-state index contributed by atoms with van der Waals surface area (Å²) in [4.78, 5) is 4.73. The van der Waals surface area contributed by atoms with Crippen molar-refractivity contribution in [1.29, 1.82) is 5.26 Å². The van der Waals surface area contributed by atoms with Gasteiger partial charge in [0, 0.05) is 35.3 Å². The van der Waals surface area contributed by atoms with Crippen molar-refractivity contribution in [3.05, 3.63) is 83.0 Å². The van der Waals surface area contributed by atoms with E-state index in [0.29, 0.717) is 39.2 Å². The molecule has 3 aliphatic heterocycles. The zero-order valence-electron chi connectivity index (χ0n) is 26.1. The third-order valence-electron chi connectivity index (χ3n) is 9.46. The Morgan fingerprint density at radius 2 is 1.51 bits per heavy atom. The number of aryl methyl sites for hydroxylation is 1. The first kappa shape index (κ1) is 30.7. The molecule has 8 nitrogen and oxygen atoms in total. The summed E-state index contributed by atoms with van der Waals surface area (Å²) in [6.07, 6.45) is 6.62. The molecule has 2 aromatic rings. The van der Waals surface area contributed by atoms with Gasteiger partial charge in [-0.2, -0.15) is 5.26 Å². The van der Waals surface area contributed by atoms with Crippen LogP contribution in [0.25, 0.3) is 0 Å². The molecule has 3 heterocycles. The molecule has 43 heavy (non-hydrogen) atoms. The number of piperazine rings is 1. The second-order valence-electron chi connectivity index (χ2n) is 11.7. The van der Waals surface area contributed by atoms with Crippen LogP contribution in [0.15, 0.2) is 44.0 Å². The Morgan fingerprint density at radius 3 is 2.09 bits per heavy atom. The highest BCUT2D eigenvalue weighted by Crippen LogP contribution is 2.56. The zero-order chi connectivity index (χ0) is 31.0. The van der Waals surface area contributed by atoms with E-state index in [1.807, 2.05) is 6.92 Å². The fourth-order valence-electron chi connectivity index (χ4n) is 7.67. The van der Waals surface area contributed by atoms with Crippen LogP contribution in [-0.4, -0.2) is 68.4 Å². The van der Waals surface area contributed by atoms with Gasteiger partial charge < -0.3 is 24.7 Å². The summed E-state index contributed by atoms with van der Waals surface area (Å²) in [6.45, 7) is 19.2. The van der Waals surface area contributed by atoms with Gasteiger partial charge in [-0.05, 0) is 62.9 Å². The largest absolute Gasteiger partial charge is 0.493 e. The number of ether oxygens (including phenoxy) is 4. The average molecular weight is 585 g/mol. The molecule has 0 aromatic heterocycles. The van der Waals surface area contributed by atoms with Crippen LogP contribution in [0.3, 0.4) is 0 Å². The number of benzene rings is 2. The molecule has 8 heteroatoms. The highest BCUT2D eigenvalue weighted by Gasteiger charge is 2.56. The molecule has 0 unspecified atom stereocenters. The van der Waals surface area contributed by atoms with Gasteiger partial charge in [0.15, 0.2) is 11.5 Å². The Kier molecular flexibility index (Phi) is 8.89. The molecule has 0 radical (unpaired) electrons. The lowest BCUT2D eigenvalue weighted by molar-refractivity contribution is -0.0712. The van der Waals surface area contributed by atoms with E-state index in [2.05, 4.69) is 62.6 Å². The second-order valence-corrected chi connectivity index (χ2v) is 11.7. The molecule has 1 fully saturated rings. The number of fused-ring (bicyclic) bond motifs is 7. The van der Waals surface area contributed by atoms with Crippen LogP contribution in [0, 0.1) is 32.1 Å². The summed E-state index contributed by atoms with van der Waals surface area (Å²) < 4.78 is 25.1. The van der Waals surface area contributed by atoms with Crippen LogP contribution >= 0.6 is 0 Å². The van der Waals surface area contributed by atoms with Crippen LogP contribution in [-0.2, 0) is 12.8 Å². The predicted octanol–water partition coefficient (Wildman–Crippen LogP) is 5.04. The van der Waals surface area contributed by atoms with Crippen molar-refractivity contribution < 1.29 is 18.9 Å². The Labute approximate surface area is 256 Å². The van der Waals surface area contributed by atoms with E-state index in [1.54, 1.807) is 25.3 Å². The molecule has 2 bridgehead atoms. The highest BCUT2D eigenvalue weighted by atomic mass is 16.5. The van der Waals surface area contributed by atoms with Gasteiger partial charge in [0.05, 0.1) is 25.3 Å². The van der Waals surface area contributed by atoms with Crippen molar-refractivity contribution in [3.63, 3.8) is 0 Å². The number of hydrogen-bond acceptors (Lipinski definition) is 8. The first-order valence-corrected chi connectivity index (χ1v) is 15.0. The number of nitrogens with zero attached hydrogens (tertiary/aromatic N) is 3. The lowest BCUT2D eigenvalue weighted by Gasteiger charge is -2.60. The fraction of sp³-hybridized carbons (Fsp3) is 0.457. The molecule has 0 spiro atoms. The minimum atomic E-state index is -0.382. The highest BCUT2D eigenvalue weighted by molar-refractivity contribution is 5.63. The summed E-state index contributed by atoms with van der Waals surface area (Å²) in [6, 6.07) is 4.06. The summed E-state index contributed by atoms with van der Waals surface area (Å²) in [7, 11) is 3.81. The summed E-state index contributed by atoms with van der Waals surface area (Å²) in [5, 5.41) is 10.8. The molecule has 0 amide bonds. The van der Waals surface area contributed by atoms with Crippen LogP contribution in [0.1, 0.15) is 51.0 Å². The zero-order valence-corrected chi connectivity index (χ0v) is 26.1. The van der Waals surface area contributed by atoms with E-state index in [4.69, 9.17) is 24.7 Å². The second kappa shape index (κ2) is 12.5. The third-order valence-corrected chi connectivity index (χ3v) is 9.46. The smallest absolute Gasteiger partial charge is 0.167 e. The van der Waals surface area contributed by atoms with E-state index in [1.165, 1.54) is 5.56 Å². The molecule has 228 valence electrons. The third kappa shape index (κ3) is 4.80. The standard InChI is InChI=1S/C35H44N4O4/c1-9-12-41-33-21(5)22(6)34(42-13-10-2)30-24(33)17-26-31-29-23(15-20(4)32(40-8)35(29)43-14-11-3)16-25(38(31)7)27(18-36)39(26)28(30)19-37/h9-11,15,25-28,31H,1-3,12-14,16-17,19,37H2,4-8H3/t25-,26-,27-,28-,31-/m0/s1. The van der Waals surface area contributed by atoms with Gasteiger partial charge >= 0.3 is 0 Å². The van der Waals surface area contributed by atoms with Crippen molar-refractivity contribution in [3.8, 4) is 29.1 Å². The Hall–Kier alpha value is -3.77. The van der Waals surface area contributed by atoms with Crippen molar-refractivity contribution >= 4 is 0 Å². The van der Waals surface area contributed by atoms with Crippen molar-refractivity contribution in [2.45, 2.75) is 63.8 Å². The van der Waals surface area contributed by atoms with Crippen LogP contribution < -0.4 is 24.7 Å². The molecule has 5 rings (SSSR count). The van der Waals surface area contributed by atoms with Gasteiger partial charge in [-0.15, -0.1) is 0 Å². The summed E-state index contributed by atoms with van der Waals surface area (Å²) in [5.41, 5.74) is 14.1. The molecule has 0 aliphatic carbocycles. The van der Waals surface area contributed by atoms with E-state index < -0.39 is 0 Å². The number of likely N-dealkylation sites (N-methyl/N-ethyl adjacent to an activating group) is 1. The fourth-order valence-corrected chi connectivity index (χ4v) is 7.67. The van der Waals surface area contributed by atoms with E-state index in [9.17, 15) is 5.26 Å². The van der Waals surface area contributed by atoms with E-state index >= 15 is 0 Å². The van der Waals surface area contributed by atoms with Gasteiger partial charge in [0.2, 0.25) is 0 Å². The number of methoxy groups -OCH3 is 1. The quantitative estimate of drug-likeness (QED) is 0.367. The maximum absolute atomic E-state index is 10.8. The lowest BCUT2D eigenvalue weighted by Crippen LogP contribution is -2.68. The van der Waals surface area contributed by atoms with Gasteiger partial charge in [-0.1, -0.05) is 44.0 Å². The maximum atomic E-state index is 10.8. The number of hydrogen-bond donors (Lipinski definition) is 1. The Bertz CT molecular complexity index is 1480. The number of nitriles is 1. The number of nitrogens with two attached hydrogens (primary N) is 1. The van der Waals surface area contributed by atoms with E-state index in [0.717, 1.165) is 56.4 Å². The minimum Gasteiger partial charge on any atom is -0.493 e. The van der Waals surface area contributed by atoms with Gasteiger partial charge in [-0.3, -0.25) is 9.80 Å². The SMILES string of the molecule is C=CCOc1c(C)c(C)c(OCC=C)c2c1C[C@H]1[C@H]3c4c(cc(C)c(OC)c4OCC=C)C[C@@H]([C@H](C#N)N1[C@H]2CN)N3C. The van der Waals surface area contributed by atoms with Gasteiger partial charge in [0.1, 0.15) is 37.4 Å². The van der Waals surface area contributed by atoms with Gasteiger partial charge in [-0.25, -0.2) is 0 Å². The first-order chi connectivity index (χ1) is 20.8. The average Bonchev–Trinajstić information content (AvgIpc) is 2.99. The molecule has 0 saturated carbocycles. The van der Waals surface area contributed by atoms with Gasteiger partial charge in [0.25, 0.3) is 0 Å². The molecule has 2 aromatic carbocycles. The number of rotatable bonds is 11. The van der Waals surface area contributed by atoms with Crippen LogP contribution in [0.2, 0.25) is 0 Å². The molecular formula is C35H44N4O4. The minimum absolute atomic E-state index is 0.0324. The summed E-state index contributed by atoms with van der Waals surface area (Å²) in [5.74, 6) is 3.13. The molecule has 3 aliphatic rings. The lowest BCUT2D eigenvalue weighted by atomic mass is 9.71. The molecule has 1 saturated heterocycles. The van der Waals surface area contributed by atoms with Crippen molar-refractivity contribution in [2.75, 3.05) is 40.5 Å². The summed E-state index contributed by atoms with van der Waals surface area (Å²) >= 11 is 0. The van der Waals surface area contributed by atoms with Crippen molar-refractivity contribution in [1.82, 2.24) is 9.80 Å². The molecule has 2 N–H and O–H groups in total.